The van der Waals surface area contributed by atoms with E-state index in [1.54, 1.807) is 24.3 Å². The topological polar surface area (TPSA) is 144 Å². The van der Waals surface area contributed by atoms with E-state index < -0.39 is 24.9 Å². The number of benzene rings is 3. The van der Waals surface area contributed by atoms with Crippen LogP contribution in [0.1, 0.15) is 11.1 Å². The minimum Gasteiger partial charge on any atom is -0.398 e. The van der Waals surface area contributed by atoms with Gasteiger partial charge in [-0.3, -0.25) is 9.35 Å². The Morgan fingerprint density at radius 3 is 2.26 bits per heavy atom. The van der Waals surface area contributed by atoms with E-state index in [4.69, 9.17) is 5.73 Å². The van der Waals surface area contributed by atoms with Crippen molar-refractivity contribution in [1.29, 1.82) is 0 Å². The molecule has 162 valence electrons. The Hall–Kier alpha value is -3.21. The molecule has 0 aliphatic heterocycles. The molecule has 3 rings (SSSR count). The van der Waals surface area contributed by atoms with Gasteiger partial charge >= 0.3 is 0 Å². The summed E-state index contributed by atoms with van der Waals surface area (Å²) in [6.07, 6.45) is 0.100. The molecule has 0 fully saturated rings. The molecule has 0 saturated heterocycles. The van der Waals surface area contributed by atoms with Crippen LogP contribution in [0.15, 0.2) is 81.4 Å². The number of carbonyl (C=O) groups excluding carboxylic acids is 1. The van der Waals surface area contributed by atoms with E-state index in [2.05, 4.69) is 5.32 Å². The molecule has 31 heavy (non-hydrogen) atoms. The van der Waals surface area contributed by atoms with Gasteiger partial charge in [0, 0.05) is 5.69 Å². The predicted octanol–water partition coefficient (Wildman–Crippen LogP) is 2.84. The van der Waals surface area contributed by atoms with Crippen LogP contribution in [0.2, 0.25) is 0 Å². The van der Waals surface area contributed by atoms with Gasteiger partial charge in [0.05, 0.1) is 26.8 Å². The zero-order valence-corrected chi connectivity index (χ0v) is 18.1. The van der Waals surface area contributed by atoms with E-state index >= 15 is 0 Å². The zero-order chi connectivity index (χ0) is 22.8. The lowest BCUT2D eigenvalue weighted by Gasteiger charge is -2.12. The van der Waals surface area contributed by atoms with Gasteiger partial charge in [0.2, 0.25) is 15.7 Å². The van der Waals surface area contributed by atoms with Crippen molar-refractivity contribution in [3.63, 3.8) is 0 Å². The van der Waals surface area contributed by atoms with Crippen molar-refractivity contribution in [2.45, 2.75) is 28.0 Å². The van der Waals surface area contributed by atoms with Gasteiger partial charge in [0.15, 0.2) is 0 Å². The van der Waals surface area contributed by atoms with E-state index in [0.717, 1.165) is 11.6 Å². The van der Waals surface area contributed by atoms with Crippen molar-refractivity contribution in [3.8, 4) is 0 Å². The Morgan fingerprint density at radius 1 is 0.935 bits per heavy atom. The number of nitrogens with two attached hydrogens (primary N) is 1. The number of anilines is 2. The summed E-state index contributed by atoms with van der Waals surface area (Å²) in [6.45, 7) is 1.43. The van der Waals surface area contributed by atoms with Crippen molar-refractivity contribution in [2.24, 2.45) is 0 Å². The van der Waals surface area contributed by atoms with E-state index in [9.17, 15) is 26.2 Å². The first-order chi connectivity index (χ1) is 14.5. The SMILES string of the molecule is Cc1ccc(S(=O)(=O)c2cc(NC(=O)Cc3ccccc3)ccc2N)cc1S(=O)(=O)O. The molecule has 0 aliphatic rings. The molecule has 8 nitrogen and oxygen atoms in total. The third kappa shape index (κ3) is 5.10. The van der Waals surface area contributed by atoms with Crippen molar-refractivity contribution >= 4 is 37.2 Å². The summed E-state index contributed by atoms with van der Waals surface area (Å²) in [5, 5.41) is 2.63. The molecule has 0 atom stereocenters. The highest BCUT2D eigenvalue weighted by Crippen LogP contribution is 2.30. The molecular formula is C21H20N2O6S2. The molecule has 4 N–H and O–H groups in total. The molecule has 0 unspecified atom stereocenters. The second-order valence-electron chi connectivity index (χ2n) is 6.87. The summed E-state index contributed by atoms with van der Waals surface area (Å²) in [4.78, 5) is 11.1. The second-order valence-corrected chi connectivity index (χ2v) is 10.2. The van der Waals surface area contributed by atoms with Crippen LogP contribution in [-0.4, -0.2) is 27.3 Å². The van der Waals surface area contributed by atoms with Crippen LogP contribution in [0.5, 0.6) is 0 Å². The van der Waals surface area contributed by atoms with E-state index in [1.165, 1.54) is 37.3 Å². The summed E-state index contributed by atoms with van der Waals surface area (Å²) < 4.78 is 58.7. The van der Waals surface area contributed by atoms with Crippen LogP contribution in [0.3, 0.4) is 0 Å². The van der Waals surface area contributed by atoms with Crippen LogP contribution < -0.4 is 11.1 Å². The average Bonchev–Trinajstić information content (AvgIpc) is 2.69. The fourth-order valence-electron chi connectivity index (χ4n) is 2.98. The maximum Gasteiger partial charge on any atom is 0.294 e. The monoisotopic (exact) mass is 460 g/mol. The number of amides is 1. The van der Waals surface area contributed by atoms with Crippen LogP contribution in [0, 0.1) is 6.92 Å². The highest BCUT2D eigenvalue weighted by Gasteiger charge is 2.24. The smallest absolute Gasteiger partial charge is 0.294 e. The van der Waals surface area contributed by atoms with Crippen LogP contribution in [-0.2, 0) is 31.2 Å². The van der Waals surface area contributed by atoms with Gasteiger partial charge < -0.3 is 11.1 Å². The van der Waals surface area contributed by atoms with Gasteiger partial charge in [-0.05, 0) is 48.4 Å². The predicted molar refractivity (Wildman–Crippen MR) is 116 cm³/mol. The third-order valence-electron chi connectivity index (χ3n) is 4.54. The summed E-state index contributed by atoms with van der Waals surface area (Å²) >= 11 is 0. The number of carbonyl (C=O) groups is 1. The van der Waals surface area contributed by atoms with Crippen LogP contribution >= 0.6 is 0 Å². The largest absolute Gasteiger partial charge is 0.398 e. The summed E-state index contributed by atoms with van der Waals surface area (Å²) in [6, 6.07) is 16.4. The summed E-state index contributed by atoms with van der Waals surface area (Å²) in [5.41, 5.74) is 6.99. The number of hydrogen-bond acceptors (Lipinski definition) is 6. The number of rotatable bonds is 6. The van der Waals surface area contributed by atoms with Crippen molar-refractivity contribution in [1.82, 2.24) is 0 Å². The lowest BCUT2D eigenvalue weighted by atomic mass is 10.1. The standard InChI is InChI=1S/C21H20N2O6S2/c1-14-7-9-17(13-19(14)31(27,28)29)30(25,26)20-12-16(8-10-18(20)22)23-21(24)11-15-5-3-2-4-6-15/h2-10,12-13H,11,22H2,1H3,(H,23,24)(H,27,28,29). The second kappa shape index (κ2) is 8.50. The molecule has 10 heteroatoms. The Bertz CT molecular complexity index is 1350. The number of hydrogen-bond donors (Lipinski definition) is 3. The minimum atomic E-state index is -4.62. The van der Waals surface area contributed by atoms with E-state index in [1.807, 2.05) is 6.07 Å². The van der Waals surface area contributed by atoms with Gasteiger partial charge in [0.1, 0.15) is 0 Å². The quantitative estimate of drug-likeness (QED) is 0.379. The number of nitrogen functional groups attached to an aromatic ring is 1. The molecule has 0 aliphatic carbocycles. The van der Waals surface area contributed by atoms with E-state index in [-0.39, 0.29) is 39.1 Å². The zero-order valence-electron chi connectivity index (χ0n) is 16.4. The first-order valence-corrected chi connectivity index (χ1v) is 12.0. The molecule has 0 spiro atoms. The lowest BCUT2D eigenvalue weighted by molar-refractivity contribution is -0.115. The van der Waals surface area contributed by atoms with Gasteiger partial charge in [-0.15, -0.1) is 0 Å². The molecular weight excluding hydrogens is 440 g/mol. The van der Waals surface area contributed by atoms with Crippen LogP contribution in [0.4, 0.5) is 11.4 Å². The number of aryl methyl sites for hydroxylation is 1. The molecule has 0 bridgehead atoms. The summed E-state index contributed by atoms with van der Waals surface area (Å²) in [5.74, 6) is -0.344. The van der Waals surface area contributed by atoms with Crippen LogP contribution in [0.25, 0.3) is 0 Å². The average molecular weight is 461 g/mol. The van der Waals surface area contributed by atoms with Crippen molar-refractivity contribution in [3.05, 3.63) is 77.9 Å². The molecule has 0 aromatic heterocycles. The first kappa shape index (κ1) is 22.5. The Labute approximate surface area is 180 Å². The minimum absolute atomic E-state index is 0.0740. The van der Waals surface area contributed by atoms with Gasteiger partial charge in [-0.25, -0.2) is 8.42 Å². The third-order valence-corrected chi connectivity index (χ3v) is 7.34. The maximum atomic E-state index is 13.1. The Morgan fingerprint density at radius 2 is 1.61 bits per heavy atom. The van der Waals surface area contributed by atoms with E-state index in [0.29, 0.717) is 0 Å². The molecule has 0 saturated carbocycles. The highest BCUT2D eigenvalue weighted by molar-refractivity contribution is 7.91. The number of nitrogens with one attached hydrogen (secondary N) is 1. The fourth-order valence-corrected chi connectivity index (χ4v) is 5.24. The highest BCUT2D eigenvalue weighted by atomic mass is 32.2. The van der Waals surface area contributed by atoms with Gasteiger partial charge in [-0.2, -0.15) is 8.42 Å². The van der Waals surface area contributed by atoms with Crippen molar-refractivity contribution < 1.29 is 26.2 Å². The number of sulfone groups is 1. The molecule has 3 aromatic rings. The molecule has 3 aromatic carbocycles. The first-order valence-electron chi connectivity index (χ1n) is 9.05. The van der Waals surface area contributed by atoms with Gasteiger partial charge in [0.25, 0.3) is 10.1 Å². The Balaban J connectivity index is 1.95. The molecule has 0 heterocycles. The Kier molecular flexibility index (Phi) is 6.16. The summed E-state index contributed by atoms with van der Waals surface area (Å²) in [7, 11) is -8.85. The molecule has 0 radical (unpaired) electrons. The van der Waals surface area contributed by atoms with Gasteiger partial charge in [-0.1, -0.05) is 36.4 Å². The fraction of sp³-hybridized carbons (Fsp3) is 0.0952. The maximum absolute atomic E-state index is 13.1. The normalized spacial score (nSPS) is 11.8. The molecule has 1 amide bonds. The lowest BCUT2D eigenvalue weighted by Crippen LogP contribution is -2.15. The van der Waals surface area contributed by atoms with Crippen molar-refractivity contribution in [2.75, 3.05) is 11.1 Å².